The van der Waals surface area contributed by atoms with Crippen LogP contribution in [0, 0.1) is 3.57 Å². The maximum absolute atomic E-state index is 2.57. The number of allylic oxidation sites excluding steroid dienone is 2. The molecule has 0 nitrogen and oxygen atoms in total. The van der Waals surface area contributed by atoms with Crippen LogP contribution in [0.15, 0.2) is 107 Å². The van der Waals surface area contributed by atoms with Crippen LogP contribution in [0.1, 0.15) is 45.2 Å². The number of halogens is 3. The SMILES string of the molecule is Ic1cccc2c1C(c1ccccc1)[C]([Zr+2][C]1=Cc3c4cccc3C1c1ccc(cc1)S4)=C2.[Cl-].[Cl-]. The normalized spacial score (nSPS) is 18.1. The van der Waals surface area contributed by atoms with E-state index in [9.17, 15) is 0 Å². The molecule has 2 aliphatic carbocycles. The molecule has 170 valence electrons. The van der Waals surface area contributed by atoms with Crippen molar-refractivity contribution in [2.24, 2.45) is 0 Å². The zero-order valence-electron chi connectivity index (χ0n) is 18.5. The molecular weight excluding hydrogens is 681 g/mol. The van der Waals surface area contributed by atoms with Gasteiger partial charge >= 0.3 is 226 Å². The summed E-state index contributed by atoms with van der Waals surface area (Å²) in [6.07, 6.45) is 5.11. The minimum atomic E-state index is -1.02. The van der Waals surface area contributed by atoms with Gasteiger partial charge in [0.15, 0.2) is 0 Å². The van der Waals surface area contributed by atoms with Crippen LogP contribution < -0.4 is 24.8 Å². The van der Waals surface area contributed by atoms with E-state index in [4.69, 9.17) is 0 Å². The van der Waals surface area contributed by atoms with Crippen LogP contribution in [-0.2, 0) is 23.2 Å². The van der Waals surface area contributed by atoms with Gasteiger partial charge in [0.25, 0.3) is 0 Å². The molecule has 6 bridgehead atoms. The van der Waals surface area contributed by atoms with Crippen LogP contribution in [0.4, 0.5) is 0 Å². The van der Waals surface area contributed by atoms with E-state index in [2.05, 4.69) is 126 Å². The molecule has 5 heteroatoms. The van der Waals surface area contributed by atoms with Crippen molar-refractivity contribution in [2.75, 3.05) is 0 Å². The second kappa shape index (κ2) is 10.3. The van der Waals surface area contributed by atoms with Crippen LogP contribution in [0.3, 0.4) is 0 Å². The van der Waals surface area contributed by atoms with Crippen molar-refractivity contribution in [2.45, 2.75) is 21.6 Å². The molecular formula is C30H19Cl2ISZr. The average Bonchev–Trinajstić information content (AvgIpc) is 3.40. The van der Waals surface area contributed by atoms with Gasteiger partial charge in [0, 0.05) is 0 Å². The molecule has 4 aromatic carbocycles. The third-order valence-electron chi connectivity index (χ3n) is 6.88. The first-order chi connectivity index (χ1) is 16.3. The van der Waals surface area contributed by atoms with E-state index in [1.807, 2.05) is 11.8 Å². The van der Waals surface area contributed by atoms with Crippen LogP contribution >= 0.6 is 34.4 Å². The molecule has 0 fully saturated rings. The smallest absolute Gasteiger partial charge is 1.00 e. The summed E-state index contributed by atoms with van der Waals surface area (Å²) in [6, 6.07) is 34.2. The number of hydrogen-bond acceptors (Lipinski definition) is 1. The molecule has 0 saturated heterocycles. The predicted molar refractivity (Wildman–Crippen MR) is 142 cm³/mol. The standard InChI is InChI=1S/C15H10I.C15H9S.2ClH.Zr/c16-14-8-4-7-12-9-10-13(15(12)14)11-5-2-1-3-6-11;1-2-13-12-8-9-14(13)15(3-1)16-11-6-4-10(12)5-7-11;;;/h1-9,13H;1-7,9,12H;2*1H;/q;;;;+2/p-2. The van der Waals surface area contributed by atoms with Crippen molar-refractivity contribution >= 4 is 46.5 Å². The van der Waals surface area contributed by atoms with Gasteiger partial charge in [0.05, 0.1) is 0 Å². The summed E-state index contributed by atoms with van der Waals surface area (Å²) in [5.41, 5.74) is 8.78. The van der Waals surface area contributed by atoms with Crippen LogP contribution in [-0.4, -0.2) is 0 Å². The average molecular weight is 701 g/mol. The Hall–Kier alpha value is -1.10. The van der Waals surface area contributed by atoms with Gasteiger partial charge in [0.2, 0.25) is 0 Å². The Labute approximate surface area is 248 Å². The third-order valence-corrected chi connectivity index (χ3v) is 12.5. The number of hydrogen-bond donors (Lipinski definition) is 0. The molecule has 2 unspecified atom stereocenters. The summed E-state index contributed by atoms with van der Waals surface area (Å²) < 4.78 is 4.75. The molecule has 0 amide bonds. The van der Waals surface area contributed by atoms with Crippen LogP contribution in [0.2, 0.25) is 0 Å². The first-order valence-electron chi connectivity index (χ1n) is 11.2. The van der Waals surface area contributed by atoms with Gasteiger partial charge in [-0.25, -0.2) is 0 Å². The van der Waals surface area contributed by atoms with Crippen molar-refractivity contribution in [3.8, 4) is 0 Å². The van der Waals surface area contributed by atoms with Gasteiger partial charge in [-0.1, -0.05) is 0 Å². The maximum atomic E-state index is 2.57. The second-order valence-electron chi connectivity index (χ2n) is 8.77. The van der Waals surface area contributed by atoms with Crippen LogP contribution in [0.25, 0.3) is 12.2 Å². The number of rotatable bonds is 3. The second-order valence-corrected chi connectivity index (χ2v) is 14.5. The fraction of sp³-hybridized carbons (Fsp3) is 0.0667. The fourth-order valence-electron chi connectivity index (χ4n) is 5.44. The van der Waals surface area contributed by atoms with Gasteiger partial charge in [-0.3, -0.25) is 0 Å². The van der Waals surface area contributed by atoms with Gasteiger partial charge in [-0.15, -0.1) is 0 Å². The zero-order chi connectivity index (χ0) is 21.9. The monoisotopic (exact) mass is 698 g/mol. The third kappa shape index (κ3) is 4.36. The molecule has 0 spiro atoms. The summed E-state index contributed by atoms with van der Waals surface area (Å²) in [5.74, 6) is 0.815. The summed E-state index contributed by atoms with van der Waals surface area (Å²) in [4.78, 5) is 2.74. The Morgan fingerprint density at radius 2 is 1.37 bits per heavy atom. The van der Waals surface area contributed by atoms with E-state index in [0.717, 1.165) is 0 Å². The van der Waals surface area contributed by atoms with Gasteiger partial charge in [0.1, 0.15) is 0 Å². The summed E-state index contributed by atoms with van der Waals surface area (Å²) in [6.45, 7) is 0. The number of fused-ring (bicyclic) bond motifs is 3. The van der Waals surface area contributed by atoms with Gasteiger partial charge in [-0.2, -0.15) is 0 Å². The van der Waals surface area contributed by atoms with E-state index in [1.165, 1.54) is 46.7 Å². The van der Waals surface area contributed by atoms with E-state index in [-0.39, 0.29) is 24.8 Å². The predicted octanol–water partition coefficient (Wildman–Crippen LogP) is 2.52. The maximum Gasteiger partial charge on any atom is -1.00 e. The van der Waals surface area contributed by atoms with E-state index in [1.54, 1.807) is 6.56 Å². The first-order valence-corrected chi connectivity index (χ1v) is 15.6. The molecule has 0 radical (unpaired) electrons. The summed E-state index contributed by atoms with van der Waals surface area (Å²) in [5, 5.41) is 0. The molecule has 0 saturated carbocycles. The summed E-state index contributed by atoms with van der Waals surface area (Å²) in [7, 11) is 0. The molecule has 4 aliphatic rings. The minimum absolute atomic E-state index is 0. The first kappa shape index (κ1) is 25.5. The van der Waals surface area contributed by atoms with Crippen molar-refractivity contribution in [1.29, 1.82) is 0 Å². The van der Waals surface area contributed by atoms with E-state index in [0.29, 0.717) is 11.8 Å². The minimum Gasteiger partial charge on any atom is -1.00 e. The number of benzene rings is 4. The largest absolute Gasteiger partial charge is 1.00 e. The molecule has 0 aromatic heterocycles. The summed E-state index contributed by atoms with van der Waals surface area (Å²) >= 11 is 3.42. The molecule has 2 atom stereocenters. The molecule has 4 aromatic rings. The van der Waals surface area contributed by atoms with Crippen LogP contribution in [0.5, 0.6) is 0 Å². The Bertz CT molecular complexity index is 1480. The molecule has 35 heavy (non-hydrogen) atoms. The van der Waals surface area contributed by atoms with E-state index < -0.39 is 23.2 Å². The topological polar surface area (TPSA) is 0 Å². The zero-order valence-corrected chi connectivity index (χ0v) is 25.5. The molecule has 2 heterocycles. The molecule has 8 rings (SSSR count). The van der Waals surface area contributed by atoms with Gasteiger partial charge < -0.3 is 24.8 Å². The Morgan fingerprint density at radius 1 is 0.657 bits per heavy atom. The van der Waals surface area contributed by atoms with Crippen molar-refractivity contribution in [3.63, 3.8) is 0 Å². The molecule has 2 aliphatic heterocycles. The molecule has 0 N–H and O–H groups in total. The Morgan fingerprint density at radius 3 is 2.17 bits per heavy atom. The van der Waals surface area contributed by atoms with E-state index >= 15 is 0 Å². The Kier molecular flexibility index (Phi) is 7.55. The Balaban J connectivity index is 0.00000127. The fourth-order valence-corrected chi connectivity index (χ4v) is 11.4. The van der Waals surface area contributed by atoms with Crippen molar-refractivity contribution < 1.29 is 48.0 Å². The van der Waals surface area contributed by atoms with Crippen molar-refractivity contribution in [1.82, 2.24) is 0 Å². The quantitative estimate of drug-likeness (QED) is 0.297. The van der Waals surface area contributed by atoms with Crippen molar-refractivity contribution in [3.05, 3.63) is 135 Å². The van der Waals surface area contributed by atoms with Gasteiger partial charge in [-0.05, 0) is 0 Å².